The van der Waals surface area contributed by atoms with Crippen molar-refractivity contribution in [2.24, 2.45) is 0 Å². The quantitative estimate of drug-likeness (QED) is 0.122. The van der Waals surface area contributed by atoms with Crippen LogP contribution in [0.1, 0.15) is 58.4 Å². The highest BCUT2D eigenvalue weighted by Crippen LogP contribution is 2.58. The van der Waals surface area contributed by atoms with Crippen LogP contribution in [0.4, 0.5) is 0 Å². The van der Waals surface area contributed by atoms with E-state index in [0.717, 1.165) is 21.7 Å². The number of rotatable bonds is 11. The summed E-state index contributed by atoms with van der Waals surface area (Å²) in [6, 6.07) is 32.1. The minimum atomic E-state index is -1.21. The summed E-state index contributed by atoms with van der Waals surface area (Å²) in [5.41, 5.74) is 11.6. The molecule has 0 spiro atoms. The molecule has 58 heavy (non-hydrogen) atoms. The third-order valence-electron chi connectivity index (χ3n) is 10.4. The van der Waals surface area contributed by atoms with E-state index in [4.69, 9.17) is 28.4 Å². The second-order valence-corrected chi connectivity index (χ2v) is 20.0. The van der Waals surface area contributed by atoms with Crippen molar-refractivity contribution in [3.63, 3.8) is 0 Å². The van der Waals surface area contributed by atoms with E-state index in [1.807, 2.05) is 13.8 Å². The van der Waals surface area contributed by atoms with Crippen LogP contribution in [-0.2, 0) is 0 Å². The van der Waals surface area contributed by atoms with Crippen molar-refractivity contribution < 1.29 is 28.4 Å². The second-order valence-electron chi connectivity index (χ2n) is 15.6. The van der Waals surface area contributed by atoms with Crippen molar-refractivity contribution in [2.75, 3.05) is 26.8 Å². The normalized spacial score (nSPS) is 12.8. The highest BCUT2D eigenvalue weighted by molar-refractivity contribution is 7.80. The molecule has 0 aromatic heterocycles. The first kappa shape index (κ1) is 39.8. The molecule has 0 saturated carbocycles. The van der Waals surface area contributed by atoms with E-state index in [1.54, 1.807) is 0 Å². The molecule has 2 heterocycles. The van der Waals surface area contributed by atoms with Gasteiger partial charge in [-0.1, -0.05) is 117 Å². The smallest absolute Gasteiger partial charge is 0.231 e. The van der Waals surface area contributed by atoms with E-state index in [2.05, 4.69) is 140 Å². The topological polar surface area (TPSA) is 55.4 Å². The number of fused-ring (bicyclic) bond motifs is 2. The molecule has 0 amide bonds. The van der Waals surface area contributed by atoms with Crippen molar-refractivity contribution in [2.45, 2.75) is 69.2 Å². The summed E-state index contributed by atoms with van der Waals surface area (Å²) in [4.78, 5) is 0. The van der Waals surface area contributed by atoms with Gasteiger partial charge in [0, 0.05) is 21.7 Å². The second kappa shape index (κ2) is 16.3. The molecule has 0 N–H and O–H groups in total. The van der Waals surface area contributed by atoms with Gasteiger partial charge in [-0.2, -0.15) is 0 Å². The number of hydrogen-bond acceptors (Lipinski definition) is 6. The first-order valence-electron chi connectivity index (χ1n) is 20.0. The van der Waals surface area contributed by atoms with E-state index >= 15 is 0 Å². The predicted octanol–water partition coefficient (Wildman–Crippen LogP) is 9.59. The third-order valence-corrected chi connectivity index (χ3v) is 15.1. The summed E-state index contributed by atoms with van der Waals surface area (Å²) < 4.78 is 38.9. The lowest BCUT2D eigenvalue weighted by molar-refractivity contribution is 0.169. The maximum Gasteiger partial charge on any atom is 0.231 e. The van der Waals surface area contributed by atoms with Gasteiger partial charge in [-0.3, -0.25) is 0 Å². The van der Waals surface area contributed by atoms with Gasteiger partial charge in [0.05, 0.1) is 13.2 Å². The zero-order valence-electron chi connectivity index (χ0n) is 35.3. The molecule has 0 atom stereocenters. The molecule has 2 aliphatic heterocycles. The molecule has 0 fully saturated rings. The van der Waals surface area contributed by atoms with Crippen LogP contribution < -0.4 is 60.2 Å². The average molecular weight is 811 g/mol. The lowest BCUT2D eigenvalue weighted by Gasteiger charge is -2.29. The highest BCUT2D eigenvalue weighted by atomic mass is 31.1. The van der Waals surface area contributed by atoms with Crippen molar-refractivity contribution in [3.05, 3.63) is 129 Å². The molecular formula is C50H52O6P2. The van der Waals surface area contributed by atoms with Gasteiger partial charge in [-0.15, -0.1) is 0 Å². The van der Waals surface area contributed by atoms with E-state index in [1.165, 1.54) is 65.7 Å². The summed E-state index contributed by atoms with van der Waals surface area (Å²) >= 11 is 0. The van der Waals surface area contributed by atoms with Gasteiger partial charge in [-0.05, 0) is 118 Å². The molecule has 6 aromatic rings. The Morgan fingerprint density at radius 3 is 0.897 bits per heavy atom. The Morgan fingerprint density at radius 1 is 0.379 bits per heavy atom. The zero-order chi connectivity index (χ0) is 40.8. The Bertz CT molecular complexity index is 2200. The molecule has 2 aliphatic rings. The minimum absolute atomic E-state index is 0.0751. The molecule has 6 nitrogen and oxygen atoms in total. The van der Waals surface area contributed by atoms with Crippen LogP contribution in [-0.4, -0.2) is 26.8 Å². The fourth-order valence-electron chi connectivity index (χ4n) is 8.59. The molecular weight excluding hydrogens is 758 g/mol. The van der Waals surface area contributed by atoms with Gasteiger partial charge < -0.3 is 28.4 Å². The van der Waals surface area contributed by atoms with Gasteiger partial charge >= 0.3 is 0 Å². The molecule has 0 saturated heterocycles. The molecule has 6 aromatic carbocycles. The summed E-state index contributed by atoms with van der Waals surface area (Å²) in [6.07, 6.45) is 0. The molecule has 0 bridgehead atoms. The van der Waals surface area contributed by atoms with E-state index in [-0.39, 0.29) is 13.6 Å². The molecule has 8 heteroatoms. The number of aryl methyl sites for hydroxylation is 8. The summed E-state index contributed by atoms with van der Waals surface area (Å²) in [6.45, 7) is 22.6. The Balaban J connectivity index is 1.57. The fourth-order valence-corrected chi connectivity index (χ4v) is 14.3. The van der Waals surface area contributed by atoms with Crippen LogP contribution in [0, 0.1) is 55.4 Å². The lowest BCUT2D eigenvalue weighted by Crippen LogP contribution is -2.27. The predicted molar refractivity (Wildman–Crippen MR) is 242 cm³/mol. The molecule has 0 aliphatic carbocycles. The van der Waals surface area contributed by atoms with Crippen LogP contribution in [0.15, 0.2) is 84.9 Å². The van der Waals surface area contributed by atoms with Crippen LogP contribution >= 0.6 is 15.8 Å². The van der Waals surface area contributed by atoms with Gasteiger partial charge in [0.15, 0.2) is 23.0 Å². The Labute approximate surface area is 345 Å². The Morgan fingerprint density at radius 2 is 0.638 bits per heavy atom. The molecule has 8 rings (SSSR count). The number of ether oxygens (including phenoxy) is 6. The van der Waals surface area contributed by atoms with Crippen molar-refractivity contribution in [3.8, 4) is 45.6 Å². The monoisotopic (exact) mass is 810 g/mol. The van der Waals surface area contributed by atoms with Crippen LogP contribution in [0.3, 0.4) is 0 Å². The standard InChI is InChI=1S/C50H52O6P2/c1-11-51-41-25-43(57(37-17-29(3)13-30(4)18-37)38-19-31(5)14-32(6)20-38)45(49-47(41)53-27-55-49)46-44(26-42(52-12-2)48-50(46)56-28-54-48)58(39-21-33(7)15-34(8)22-39)40-23-35(9)16-36(10)24-40/h13-26H,11-12,27-28H2,1-10H3. The summed E-state index contributed by atoms with van der Waals surface area (Å²) in [7, 11) is -2.41. The van der Waals surface area contributed by atoms with Crippen LogP contribution in [0.25, 0.3) is 11.1 Å². The van der Waals surface area contributed by atoms with Crippen molar-refractivity contribution in [1.29, 1.82) is 0 Å². The van der Waals surface area contributed by atoms with Crippen molar-refractivity contribution in [1.82, 2.24) is 0 Å². The summed E-state index contributed by atoms with van der Waals surface area (Å²) in [5, 5.41) is 7.16. The maximum absolute atomic E-state index is 6.68. The molecule has 0 unspecified atom stereocenters. The first-order chi connectivity index (χ1) is 27.9. The van der Waals surface area contributed by atoms with E-state index < -0.39 is 15.8 Å². The van der Waals surface area contributed by atoms with Crippen molar-refractivity contribution >= 4 is 47.7 Å². The van der Waals surface area contributed by atoms with Gasteiger partial charge in [-0.25, -0.2) is 0 Å². The SMILES string of the molecule is CCOc1cc(P(c2cc(C)cc(C)c2)c2cc(C)cc(C)c2)c(-c2c(P(c3cc(C)cc(C)c3)c3cc(C)cc(C)c3)cc(OCC)c3c2OCO3)c2c1OCO2. The summed E-state index contributed by atoms with van der Waals surface area (Å²) in [5.74, 6) is 3.85. The third kappa shape index (κ3) is 7.66. The van der Waals surface area contributed by atoms with E-state index in [9.17, 15) is 0 Å². The van der Waals surface area contributed by atoms with Crippen LogP contribution in [0.5, 0.6) is 34.5 Å². The van der Waals surface area contributed by atoms with Gasteiger partial charge in [0.2, 0.25) is 25.1 Å². The fraction of sp³-hybridized carbons (Fsp3) is 0.280. The largest absolute Gasteiger partial charge is 0.490 e. The average Bonchev–Trinajstić information content (AvgIpc) is 3.83. The lowest BCUT2D eigenvalue weighted by atomic mass is 10.0. The Kier molecular flexibility index (Phi) is 11.2. The van der Waals surface area contributed by atoms with Crippen LogP contribution in [0.2, 0.25) is 0 Å². The van der Waals surface area contributed by atoms with E-state index in [0.29, 0.717) is 47.7 Å². The molecule has 298 valence electrons. The van der Waals surface area contributed by atoms with Gasteiger partial charge in [0.1, 0.15) is 0 Å². The molecule has 0 radical (unpaired) electrons. The number of hydrogen-bond donors (Lipinski definition) is 0. The van der Waals surface area contributed by atoms with Gasteiger partial charge in [0.25, 0.3) is 0 Å². The number of benzene rings is 6. The Hall–Kier alpha value is -5.02. The maximum atomic E-state index is 6.68. The first-order valence-corrected chi connectivity index (χ1v) is 22.7. The zero-order valence-corrected chi connectivity index (χ0v) is 37.0. The highest BCUT2D eigenvalue weighted by Gasteiger charge is 2.39. The minimum Gasteiger partial charge on any atom is -0.490 e.